The Morgan fingerprint density at radius 3 is 2.75 bits per heavy atom. The monoisotopic (exact) mass is 276 g/mol. The van der Waals surface area contributed by atoms with Crippen molar-refractivity contribution in [3.8, 4) is 0 Å². The largest absolute Gasteiger partial charge is 0.342 e. The maximum atomic E-state index is 5.96. The van der Waals surface area contributed by atoms with E-state index in [4.69, 9.17) is 16.3 Å². The number of rotatable bonds is 4. The van der Waals surface area contributed by atoms with Gasteiger partial charge in [0.15, 0.2) is 0 Å². The summed E-state index contributed by atoms with van der Waals surface area (Å²) in [6, 6.07) is 0. The molecule has 0 radical (unpaired) electrons. The topological polar surface area (TPSA) is 9.23 Å². The van der Waals surface area contributed by atoms with E-state index in [1.165, 1.54) is 5.57 Å². The van der Waals surface area contributed by atoms with E-state index >= 15 is 0 Å². The van der Waals surface area contributed by atoms with Crippen LogP contribution >= 0.6 is 19.6 Å². The van der Waals surface area contributed by atoms with Crippen molar-refractivity contribution in [1.82, 2.24) is 0 Å². The van der Waals surface area contributed by atoms with Gasteiger partial charge >= 0.3 is 0 Å². The maximum absolute atomic E-state index is 5.96. The standard InChI is InChI=1S/C12H21OPS2/c1-5-14(16)13-12(4)7-6-10(9(2)3)8-11(12)15/h5,10-11,14-15H,1-2,6-8H2,3-4H3/t10-,11+,12+/m1/s1. The highest BCUT2D eigenvalue weighted by Crippen LogP contribution is 2.45. The Balaban J connectivity index is 2.67. The molecule has 0 spiro atoms. The van der Waals surface area contributed by atoms with Crippen molar-refractivity contribution in [3.05, 3.63) is 24.5 Å². The third kappa shape index (κ3) is 3.46. The quantitative estimate of drug-likeness (QED) is 0.469. The molecule has 1 aliphatic rings. The fourth-order valence-corrected chi connectivity index (χ4v) is 4.00. The van der Waals surface area contributed by atoms with Crippen LogP contribution in [0.3, 0.4) is 0 Å². The SMILES string of the molecule is C=C[PH](=S)O[C@@]1(C)CC[C@@H](C(=C)C)C[C@@H]1S. The predicted molar refractivity (Wildman–Crippen MR) is 80.3 cm³/mol. The van der Waals surface area contributed by atoms with Crippen LogP contribution in [0.2, 0.25) is 0 Å². The van der Waals surface area contributed by atoms with E-state index in [-0.39, 0.29) is 10.9 Å². The van der Waals surface area contributed by atoms with Gasteiger partial charge in [-0.3, -0.25) is 0 Å². The second-order valence-electron chi connectivity index (χ2n) is 4.77. The molecule has 1 saturated carbocycles. The van der Waals surface area contributed by atoms with Crippen molar-refractivity contribution >= 4 is 31.4 Å². The van der Waals surface area contributed by atoms with Crippen molar-refractivity contribution in [2.45, 2.75) is 44.0 Å². The van der Waals surface area contributed by atoms with Gasteiger partial charge in [0.05, 0.1) is 12.5 Å². The molecule has 4 atom stereocenters. The Bertz CT molecular complexity index is 316. The summed E-state index contributed by atoms with van der Waals surface area (Å²) in [5.41, 5.74) is 1.08. The van der Waals surface area contributed by atoms with Gasteiger partial charge in [-0.1, -0.05) is 30.5 Å². The van der Waals surface area contributed by atoms with Gasteiger partial charge in [-0.25, -0.2) is 0 Å². The lowest BCUT2D eigenvalue weighted by atomic mass is 9.77. The van der Waals surface area contributed by atoms with Crippen LogP contribution in [0.15, 0.2) is 24.5 Å². The first kappa shape index (κ1) is 14.5. The van der Waals surface area contributed by atoms with Gasteiger partial charge in [-0.05, 0) is 44.8 Å². The van der Waals surface area contributed by atoms with Crippen molar-refractivity contribution < 1.29 is 4.52 Å². The van der Waals surface area contributed by atoms with Crippen molar-refractivity contribution in [2.24, 2.45) is 5.92 Å². The minimum absolute atomic E-state index is 0.181. The molecule has 0 amide bonds. The summed E-state index contributed by atoms with van der Waals surface area (Å²) < 4.78 is 5.96. The molecule has 92 valence electrons. The summed E-state index contributed by atoms with van der Waals surface area (Å²) in [6.45, 7) is 10.7. The Labute approximate surface area is 110 Å². The van der Waals surface area contributed by atoms with Crippen LogP contribution in [-0.4, -0.2) is 10.9 Å². The van der Waals surface area contributed by atoms with Crippen LogP contribution in [0.4, 0.5) is 0 Å². The summed E-state index contributed by atoms with van der Waals surface area (Å²) in [5.74, 6) is 2.35. The van der Waals surface area contributed by atoms with E-state index < -0.39 is 6.92 Å². The lowest BCUT2D eigenvalue weighted by Crippen LogP contribution is -2.42. The van der Waals surface area contributed by atoms with Crippen molar-refractivity contribution in [2.75, 3.05) is 0 Å². The molecule has 0 bridgehead atoms. The van der Waals surface area contributed by atoms with Crippen LogP contribution in [0, 0.1) is 5.92 Å². The molecule has 0 saturated heterocycles. The van der Waals surface area contributed by atoms with Crippen LogP contribution in [-0.2, 0) is 16.3 Å². The zero-order valence-corrected chi connectivity index (χ0v) is 12.7. The van der Waals surface area contributed by atoms with Crippen molar-refractivity contribution in [1.29, 1.82) is 0 Å². The zero-order chi connectivity index (χ0) is 12.3. The summed E-state index contributed by atoms with van der Waals surface area (Å²) in [7, 11) is 0. The molecule has 4 heteroatoms. The first-order valence-corrected chi connectivity index (χ1v) is 8.71. The summed E-state index contributed by atoms with van der Waals surface area (Å²) in [5, 5.41) is 0.242. The predicted octanol–water partition coefficient (Wildman–Crippen LogP) is 4.17. The normalized spacial score (nSPS) is 36.7. The third-order valence-corrected chi connectivity index (χ3v) is 5.91. The molecule has 0 aromatic carbocycles. The molecule has 0 aromatic heterocycles. The van der Waals surface area contributed by atoms with E-state index in [1.54, 1.807) is 5.82 Å². The lowest BCUT2D eigenvalue weighted by Gasteiger charge is -2.42. The molecule has 1 nitrogen and oxygen atoms in total. The second-order valence-corrected chi connectivity index (χ2v) is 7.85. The highest BCUT2D eigenvalue weighted by Gasteiger charge is 2.39. The number of thiol groups is 1. The minimum Gasteiger partial charge on any atom is -0.342 e. The molecule has 1 aliphatic carbocycles. The smallest absolute Gasteiger partial charge is 0.0823 e. The summed E-state index contributed by atoms with van der Waals surface area (Å²) >= 11 is 9.91. The molecule has 1 fully saturated rings. The van der Waals surface area contributed by atoms with Crippen LogP contribution in [0.5, 0.6) is 0 Å². The van der Waals surface area contributed by atoms with Crippen molar-refractivity contribution in [3.63, 3.8) is 0 Å². The third-order valence-electron chi connectivity index (χ3n) is 3.40. The number of allylic oxidation sites excluding steroid dienone is 1. The molecule has 0 N–H and O–H groups in total. The van der Waals surface area contributed by atoms with Gasteiger partial charge < -0.3 is 4.52 Å². The molecule has 16 heavy (non-hydrogen) atoms. The highest BCUT2D eigenvalue weighted by atomic mass is 32.4. The van der Waals surface area contributed by atoms with Gasteiger partial charge in [-0.2, -0.15) is 12.6 Å². The fraction of sp³-hybridized carbons (Fsp3) is 0.667. The van der Waals surface area contributed by atoms with E-state index in [9.17, 15) is 0 Å². The fourth-order valence-electron chi connectivity index (χ4n) is 2.10. The molecule has 1 rings (SSSR count). The Kier molecular flexibility index (Phi) is 5.31. The maximum Gasteiger partial charge on any atom is 0.0823 e. The van der Waals surface area contributed by atoms with E-state index in [2.05, 4.69) is 39.6 Å². The summed E-state index contributed by atoms with van der Waals surface area (Å²) in [4.78, 5) is 0. The van der Waals surface area contributed by atoms with Crippen LogP contribution in [0.1, 0.15) is 33.1 Å². The molecule has 0 aromatic rings. The van der Waals surface area contributed by atoms with Gasteiger partial charge in [0, 0.05) is 5.25 Å². The van der Waals surface area contributed by atoms with Gasteiger partial charge in [0.1, 0.15) is 0 Å². The molecule has 0 heterocycles. The molecule has 1 unspecified atom stereocenters. The van der Waals surface area contributed by atoms with E-state index in [0.29, 0.717) is 5.92 Å². The first-order chi connectivity index (χ1) is 7.39. The Morgan fingerprint density at radius 1 is 1.69 bits per heavy atom. The van der Waals surface area contributed by atoms with Gasteiger partial charge in [-0.15, -0.1) is 0 Å². The zero-order valence-electron chi connectivity index (χ0n) is 10.0. The van der Waals surface area contributed by atoms with E-state index in [1.807, 2.05) is 0 Å². The molecular formula is C12H21OPS2. The minimum atomic E-state index is -1.28. The van der Waals surface area contributed by atoms with Gasteiger partial charge in [0.2, 0.25) is 0 Å². The lowest BCUT2D eigenvalue weighted by molar-refractivity contribution is 0.0625. The van der Waals surface area contributed by atoms with E-state index in [0.717, 1.165) is 19.3 Å². The molecular weight excluding hydrogens is 255 g/mol. The average molecular weight is 276 g/mol. The van der Waals surface area contributed by atoms with Gasteiger partial charge in [0.25, 0.3) is 0 Å². The number of hydrogen-bond donors (Lipinski definition) is 1. The highest BCUT2D eigenvalue weighted by molar-refractivity contribution is 8.04. The Morgan fingerprint density at radius 2 is 2.31 bits per heavy atom. The number of hydrogen-bond acceptors (Lipinski definition) is 3. The van der Waals surface area contributed by atoms with Crippen LogP contribution in [0.25, 0.3) is 0 Å². The second kappa shape index (κ2) is 5.86. The first-order valence-electron chi connectivity index (χ1n) is 5.58. The molecule has 0 aliphatic heterocycles. The average Bonchev–Trinajstić information content (AvgIpc) is 2.21. The Hall–Kier alpha value is 0.440. The summed E-state index contributed by atoms with van der Waals surface area (Å²) in [6.07, 6.45) is 3.18. The van der Waals surface area contributed by atoms with Crippen LogP contribution < -0.4 is 0 Å².